The second kappa shape index (κ2) is 10.3. The molecule has 5 rings (SSSR count). The van der Waals surface area contributed by atoms with E-state index in [-0.39, 0.29) is 31.3 Å². The van der Waals surface area contributed by atoms with Crippen LogP contribution in [-0.2, 0) is 16.4 Å². The molecule has 0 bridgehead atoms. The van der Waals surface area contributed by atoms with Crippen LogP contribution in [0.25, 0.3) is 11.1 Å². The third-order valence-corrected chi connectivity index (χ3v) is 6.95. The third kappa shape index (κ3) is 5.70. The number of nitrogens with one attached hydrogen (secondary N) is 2. The summed E-state index contributed by atoms with van der Waals surface area (Å²) >= 11 is 0. The molecule has 1 heterocycles. The Morgan fingerprint density at radius 3 is 2.33 bits per heavy atom. The number of ether oxygens (including phenoxy) is 2. The fourth-order valence-electron chi connectivity index (χ4n) is 4.56. The van der Waals surface area contributed by atoms with E-state index in [9.17, 15) is 22.8 Å². The minimum atomic E-state index is -4.61. The number of alkyl halides is 3. The monoisotopic (exact) mass is 541 g/mol. The van der Waals surface area contributed by atoms with Crippen molar-refractivity contribution >= 4 is 17.5 Å². The minimum Gasteiger partial charge on any atom is -0.454 e. The Labute approximate surface area is 225 Å². The predicted octanol–water partition coefficient (Wildman–Crippen LogP) is 5.31. The Bertz CT molecular complexity index is 1410. The van der Waals surface area contributed by atoms with Gasteiger partial charge in [0.2, 0.25) is 12.7 Å². The van der Waals surface area contributed by atoms with Crippen LogP contribution in [-0.4, -0.2) is 50.7 Å². The van der Waals surface area contributed by atoms with Gasteiger partial charge in [-0.1, -0.05) is 18.2 Å². The summed E-state index contributed by atoms with van der Waals surface area (Å²) in [6.45, 7) is 1.25. The highest BCUT2D eigenvalue weighted by Gasteiger charge is 2.51. The lowest BCUT2D eigenvalue weighted by atomic mass is 9.94. The van der Waals surface area contributed by atoms with Crippen LogP contribution in [0.15, 0.2) is 60.7 Å². The molecule has 1 saturated carbocycles. The number of fused-ring (bicyclic) bond motifs is 1. The molecule has 206 valence electrons. The number of benzene rings is 3. The van der Waals surface area contributed by atoms with Crippen LogP contribution < -0.4 is 20.1 Å². The van der Waals surface area contributed by atoms with Crippen molar-refractivity contribution in [3.05, 3.63) is 77.4 Å². The number of halogens is 3. The van der Waals surface area contributed by atoms with Gasteiger partial charge in [-0.05, 0) is 86.1 Å². The first-order valence-electron chi connectivity index (χ1n) is 12.5. The third-order valence-electron chi connectivity index (χ3n) is 6.95. The molecule has 0 radical (unpaired) electrons. The summed E-state index contributed by atoms with van der Waals surface area (Å²) in [6.07, 6.45) is -3.47. The standard InChI is InChI=1S/C29H28F3N3O4.H2/c1-35(2)12-11-33-26(36)19-5-3-18(4-6-19)20-13-22(29(30,31)32)15-23(14-20)34-27(37)28(9-10-28)21-7-8-24-25(16-21)39-17-38-24;/h3-8,13-16H,9-12,17H2,1-2H3,(H,33,36)(H,34,37);1H. The fraction of sp³-hybridized carbons (Fsp3) is 0.310. The summed E-state index contributed by atoms with van der Waals surface area (Å²) in [6, 6.07) is 15.1. The van der Waals surface area contributed by atoms with Crippen LogP contribution in [0.3, 0.4) is 0 Å². The van der Waals surface area contributed by atoms with Gasteiger partial charge >= 0.3 is 6.18 Å². The van der Waals surface area contributed by atoms with Crippen molar-refractivity contribution in [2.75, 3.05) is 39.3 Å². The molecule has 39 heavy (non-hydrogen) atoms. The van der Waals surface area contributed by atoms with Gasteiger partial charge in [-0.15, -0.1) is 0 Å². The van der Waals surface area contributed by atoms with Crippen molar-refractivity contribution in [1.82, 2.24) is 10.2 Å². The molecule has 1 aliphatic heterocycles. The molecule has 3 aromatic rings. The van der Waals surface area contributed by atoms with Gasteiger partial charge in [0.25, 0.3) is 5.91 Å². The maximum Gasteiger partial charge on any atom is 0.416 e. The van der Waals surface area contributed by atoms with Crippen LogP contribution in [0.1, 0.15) is 35.8 Å². The lowest BCUT2D eigenvalue weighted by Gasteiger charge is -2.18. The van der Waals surface area contributed by atoms with Crippen LogP contribution in [0.2, 0.25) is 0 Å². The number of nitrogens with zero attached hydrogens (tertiary/aromatic N) is 1. The van der Waals surface area contributed by atoms with E-state index < -0.39 is 17.2 Å². The van der Waals surface area contributed by atoms with Gasteiger partial charge in [0, 0.05) is 25.8 Å². The molecule has 0 saturated heterocycles. The highest BCUT2D eigenvalue weighted by molar-refractivity contribution is 6.02. The van der Waals surface area contributed by atoms with Crippen molar-refractivity contribution in [1.29, 1.82) is 0 Å². The van der Waals surface area contributed by atoms with Gasteiger partial charge in [-0.25, -0.2) is 0 Å². The molecule has 3 aromatic carbocycles. The zero-order chi connectivity index (χ0) is 27.8. The van der Waals surface area contributed by atoms with E-state index in [1.54, 1.807) is 42.5 Å². The number of carbonyl (C=O) groups is 2. The predicted molar refractivity (Wildman–Crippen MR) is 142 cm³/mol. The summed E-state index contributed by atoms with van der Waals surface area (Å²) in [5, 5.41) is 5.52. The first-order valence-corrected chi connectivity index (χ1v) is 12.5. The molecule has 2 N–H and O–H groups in total. The molecule has 0 spiro atoms. The van der Waals surface area contributed by atoms with Crippen LogP contribution in [0.4, 0.5) is 18.9 Å². The molecule has 2 amide bonds. The molecule has 2 aliphatic rings. The smallest absolute Gasteiger partial charge is 0.416 e. The van der Waals surface area contributed by atoms with Crippen molar-refractivity contribution in [2.45, 2.75) is 24.4 Å². The summed E-state index contributed by atoms with van der Waals surface area (Å²) in [4.78, 5) is 27.7. The van der Waals surface area contributed by atoms with E-state index in [1.165, 1.54) is 6.07 Å². The molecule has 1 aliphatic carbocycles. The van der Waals surface area contributed by atoms with Crippen molar-refractivity contribution in [3.63, 3.8) is 0 Å². The largest absolute Gasteiger partial charge is 0.454 e. The molecular formula is C29H30F3N3O4. The number of rotatable bonds is 8. The van der Waals surface area contributed by atoms with E-state index in [0.29, 0.717) is 48.6 Å². The molecule has 10 heteroatoms. The number of hydrogen-bond donors (Lipinski definition) is 2. The molecule has 0 atom stereocenters. The van der Waals surface area contributed by atoms with Crippen LogP contribution >= 0.6 is 0 Å². The van der Waals surface area contributed by atoms with Gasteiger partial charge in [-0.2, -0.15) is 13.2 Å². The highest BCUT2D eigenvalue weighted by atomic mass is 19.4. The average molecular weight is 542 g/mol. The Balaban J connectivity index is 0.00000370. The van der Waals surface area contributed by atoms with Crippen molar-refractivity contribution < 1.29 is 33.7 Å². The SMILES string of the molecule is CN(C)CCNC(=O)c1ccc(-c2cc(NC(=O)C3(c4ccc5c(c4)OCO5)CC3)cc(C(F)(F)F)c2)cc1.[HH]. The summed E-state index contributed by atoms with van der Waals surface area (Å²) in [5.41, 5.74) is 0.215. The summed E-state index contributed by atoms with van der Waals surface area (Å²) < 4.78 is 52.1. The second-order valence-corrected chi connectivity index (χ2v) is 10.0. The normalized spacial score (nSPS) is 15.2. The molecular weight excluding hydrogens is 511 g/mol. The molecule has 0 unspecified atom stereocenters. The average Bonchev–Trinajstić information content (AvgIpc) is 3.58. The molecule has 0 aromatic heterocycles. The Hall–Kier alpha value is -4.05. The Morgan fingerprint density at radius 2 is 1.67 bits per heavy atom. The first kappa shape index (κ1) is 26.6. The van der Waals surface area contributed by atoms with E-state index in [1.807, 2.05) is 19.0 Å². The van der Waals surface area contributed by atoms with Gasteiger partial charge in [0.05, 0.1) is 11.0 Å². The van der Waals surface area contributed by atoms with Crippen LogP contribution in [0.5, 0.6) is 11.5 Å². The lowest BCUT2D eigenvalue weighted by molar-refractivity contribution is -0.137. The van der Waals surface area contributed by atoms with E-state index in [2.05, 4.69) is 10.6 Å². The maximum absolute atomic E-state index is 13.8. The number of likely N-dealkylation sites (N-methyl/N-ethyl adjacent to an activating group) is 1. The van der Waals surface area contributed by atoms with Gasteiger partial charge in [-0.3, -0.25) is 9.59 Å². The first-order chi connectivity index (χ1) is 18.5. The lowest BCUT2D eigenvalue weighted by Crippen LogP contribution is -2.31. The summed E-state index contributed by atoms with van der Waals surface area (Å²) in [7, 11) is 3.79. The number of amides is 2. The van der Waals surface area contributed by atoms with Crippen molar-refractivity contribution in [2.24, 2.45) is 0 Å². The van der Waals surface area contributed by atoms with E-state index in [4.69, 9.17) is 9.47 Å². The second-order valence-electron chi connectivity index (χ2n) is 10.0. The minimum absolute atomic E-state index is 0. The van der Waals surface area contributed by atoms with Crippen molar-refractivity contribution in [3.8, 4) is 22.6 Å². The van der Waals surface area contributed by atoms with Gasteiger partial charge in [0.15, 0.2) is 11.5 Å². The number of anilines is 1. The Morgan fingerprint density at radius 1 is 0.949 bits per heavy atom. The van der Waals surface area contributed by atoms with Gasteiger partial charge in [0.1, 0.15) is 0 Å². The number of carbonyl (C=O) groups excluding carboxylic acids is 2. The zero-order valence-electron chi connectivity index (χ0n) is 21.5. The maximum atomic E-state index is 13.8. The van der Waals surface area contributed by atoms with E-state index >= 15 is 0 Å². The van der Waals surface area contributed by atoms with Gasteiger partial charge < -0.3 is 25.0 Å². The molecule has 1 fully saturated rings. The quantitative estimate of drug-likeness (QED) is 0.404. The topological polar surface area (TPSA) is 79.9 Å². The van der Waals surface area contributed by atoms with E-state index in [0.717, 1.165) is 17.7 Å². The zero-order valence-corrected chi connectivity index (χ0v) is 21.5. The highest BCUT2D eigenvalue weighted by Crippen LogP contribution is 2.51. The summed E-state index contributed by atoms with van der Waals surface area (Å²) in [5.74, 6) is 0.493. The Kier molecular flexibility index (Phi) is 6.98. The fourth-order valence-corrected chi connectivity index (χ4v) is 4.56. The number of hydrogen-bond acceptors (Lipinski definition) is 5. The molecule has 7 nitrogen and oxygen atoms in total. The van der Waals surface area contributed by atoms with Crippen LogP contribution in [0, 0.1) is 0 Å².